The van der Waals surface area contributed by atoms with Gasteiger partial charge in [0.05, 0.1) is 10.7 Å². The summed E-state index contributed by atoms with van der Waals surface area (Å²) in [6.07, 6.45) is 0. The van der Waals surface area contributed by atoms with Crippen LogP contribution >= 0.6 is 11.6 Å². The maximum absolute atomic E-state index is 13.4. The number of amides is 2. The predicted octanol–water partition coefficient (Wildman–Crippen LogP) is 3.49. The summed E-state index contributed by atoms with van der Waals surface area (Å²) in [6, 6.07) is 1.15. The Labute approximate surface area is 103 Å². The molecule has 0 aliphatic rings. The van der Waals surface area contributed by atoms with E-state index in [-0.39, 0.29) is 10.7 Å². The highest BCUT2D eigenvalue weighted by atomic mass is 35.5. The average Bonchev–Trinajstić information content (AvgIpc) is 2.25. The van der Waals surface area contributed by atoms with E-state index in [1.165, 1.54) is 4.90 Å². The summed E-state index contributed by atoms with van der Waals surface area (Å²) in [5.41, 5.74) is -0.204. The van der Waals surface area contributed by atoms with Crippen molar-refractivity contribution >= 4 is 23.3 Å². The first-order valence-electron chi connectivity index (χ1n) is 5.20. The molecule has 1 aromatic rings. The van der Waals surface area contributed by atoms with Crippen LogP contribution in [0.3, 0.4) is 0 Å². The number of nitrogens with one attached hydrogen (secondary N) is 1. The van der Waals surface area contributed by atoms with Gasteiger partial charge in [0.1, 0.15) is 5.82 Å². The van der Waals surface area contributed by atoms with E-state index in [0.29, 0.717) is 19.2 Å². The quantitative estimate of drug-likeness (QED) is 0.888. The molecule has 0 aliphatic carbocycles. The molecule has 0 spiro atoms. The van der Waals surface area contributed by atoms with Crippen LogP contribution in [-0.4, -0.2) is 24.0 Å². The summed E-state index contributed by atoms with van der Waals surface area (Å²) in [5, 5.41) is 2.16. The van der Waals surface area contributed by atoms with Gasteiger partial charge < -0.3 is 10.2 Å². The Morgan fingerprint density at radius 2 is 1.94 bits per heavy atom. The molecule has 0 aromatic heterocycles. The molecule has 0 atom stereocenters. The lowest BCUT2D eigenvalue weighted by molar-refractivity contribution is 0.217. The van der Waals surface area contributed by atoms with Gasteiger partial charge >= 0.3 is 6.03 Å². The van der Waals surface area contributed by atoms with Gasteiger partial charge in [0, 0.05) is 19.2 Å². The molecule has 1 N–H and O–H groups in total. The Kier molecular flexibility index (Phi) is 4.69. The molecule has 17 heavy (non-hydrogen) atoms. The average molecular weight is 263 g/mol. The minimum Gasteiger partial charge on any atom is -0.325 e. The molecule has 0 saturated carbocycles. The molecule has 0 unspecified atom stereocenters. The molecule has 0 bridgehead atoms. The van der Waals surface area contributed by atoms with Gasteiger partial charge in [-0.3, -0.25) is 0 Å². The number of hydrogen-bond donors (Lipinski definition) is 1. The van der Waals surface area contributed by atoms with Crippen molar-refractivity contribution in [2.75, 3.05) is 18.4 Å². The summed E-state index contributed by atoms with van der Waals surface area (Å²) in [7, 11) is 0. The van der Waals surface area contributed by atoms with Crippen LogP contribution < -0.4 is 5.32 Å². The highest BCUT2D eigenvalue weighted by molar-refractivity contribution is 6.33. The molecule has 0 radical (unpaired) electrons. The van der Waals surface area contributed by atoms with Crippen LogP contribution in [-0.2, 0) is 0 Å². The fourth-order valence-corrected chi connectivity index (χ4v) is 1.60. The fourth-order valence-electron chi connectivity index (χ4n) is 1.36. The number of urea groups is 1. The lowest BCUT2D eigenvalue weighted by atomic mass is 10.3. The van der Waals surface area contributed by atoms with Crippen LogP contribution in [0.2, 0.25) is 5.02 Å². The van der Waals surface area contributed by atoms with Crippen molar-refractivity contribution < 1.29 is 13.6 Å². The van der Waals surface area contributed by atoms with Gasteiger partial charge in [0.25, 0.3) is 0 Å². The topological polar surface area (TPSA) is 32.3 Å². The number of carbonyl (C=O) groups excluding carboxylic acids is 1. The van der Waals surface area contributed by atoms with Crippen molar-refractivity contribution in [2.24, 2.45) is 0 Å². The second-order valence-electron chi connectivity index (χ2n) is 3.35. The number of rotatable bonds is 3. The lowest BCUT2D eigenvalue weighted by Crippen LogP contribution is -2.34. The van der Waals surface area contributed by atoms with Gasteiger partial charge in [-0.2, -0.15) is 0 Å². The zero-order chi connectivity index (χ0) is 13.0. The molecule has 0 aliphatic heterocycles. The third kappa shape index (κ3) is 3.30. The standard InChI is InChI=1S/C11H13ClF2N2O/c1-3-16(4-2)11(17)15-10-8(12)5-7(13)6-9(10)14/h5-6H,3-4H2,1-2H3,(H,15,17). The third-order valence-corrected chi connectivity index (χ3v) is 2.59. The predicted molar refractivity (Wildman–Crippen MR) is 63.3 cm³/mol. The summed E-state index contributed by atoms with van der Waals surface area (Å²) in [5.74, 6) is -1.68. The minimum atomic E-state index is -0.893. The van der Waals surface area contributed by atoms with Gasteiger partial charge in [0.2, 0.25) is 0 Å². The zero-order valence-corrected chi connectivity index (χ0v) is 10.3. The molecule has 3 nitrogen and oxygen atoms in total. The van der Waals surface area contributed by atoms with Crippen LogP contribution in [0.4, 0.5) is 19.3 Å². The van der Waals surface area contributed by atoms with E-state index in [4.69, 9.17) is 11.6 Å². The summed E-state index contributed by atoms with van der Waals surface area (Å²) in [6.45, 7) is 4.57. The maximum atomic E-state index is 13.4. The first kappa shape index (κ1) is 13.7. The van der Waals surface area contributed by atoms with Crippen molar-refractivity contribution in [1.82, 2.24) is 4.90 Å². The second-order valence-corrected chi connectivity index (χ2v) is 3.75. The zero-order valence-electron chi connectivity index (χ0n) is 9.56. The maximum Gasteiger partial charge on any atom is 0.321 e. The Balaban J connectivity index is 2.92. The number of hydrogen-bond acceptors (Lipinski definition) is 1. The van der Waals surface area contributed by atoms with E-state index < -0.39 is 17.7 Å². The van der Waals surface area contributed by atoms with E-state index in [2.05, 4.69) is 5.32 Å². The Hall–Kier alpha value is -1.36. The Morgan fingerprint density at radius 3 is 2.41 bits per heavy atom. The van der Waals surface area contributed by atoms with Crippen molar-refractivity contribution in [3.8, 4) is 0 Å². The van der Waals surface area contributed by atoms with Crippen LogP contribution in [0, 0.1) is 11.6 Å². The molecule has 0 heterocycles. The van der Waals surface area contributed by atoms with E-state index >= 15 is 0 Å². The Bertz CT molecular complexity index is 399. The molecular weight excluding hydrogens is 250 g/mol. The van der Waals surface area contributed by atoms with Crippen molar-refractivity contribution in [2.45, 2.75) is 13.8 Å². The molecule has 0 saturated heterocycles. The van der Waals surface area contributed by atoms with Crippen LogP contribution in [0.1, 0.15) is 13.8 Å². The molecule has 6 heteroatoms. The molecule has 1 rings (SSSR count). The monoisotopic (exact) mass is 262 g/mol. The molecular formula is C11H13ClF2N2O. The smallest absolute Gasteiger partial charge is 0.321 e. The molecule has 94 valence electrons. The van der Waals surface area contributed by atoms with Crippen LogP contribution in [0.5, 0.6) is 0 Å². The number of benzene rings is 1. The van der Waals surface area contributed by atoms with Gasteiger partial charge in [-0.15, -0.1) is 0 Å². The van der Waals surface area contributed by atoms with Gasteiger partial charge in [-0.1, -0.05) is 11.6 Å². The number of halogens is 3. The van der Waals surface area contributed by atoms with Crippen LogP contribution in [0.15, 0.2) is 12.1 Å². The number of carbonyl (C=O) groups is 1. The molecule has 2 amide bonds. The van der Waals surface area contributed by atoms with Crippen molar-refractivity contribution in [3.63, 3.8) is 0 Å². The summed E-state index contributed by atoms with van der Waals surface area (Å²) in [4.78, 5) is 13.1. The lowest BCUT2D eigenvalue weighted by Gasteiger charge is -2.19. The van der Waals surface area contributed by atoms with Crippen molar-refractivity contribution in [1.29, 1.82) is 0 Å². The summed E-state index contributed by atoms with van der Waals surface area (Å²) >= 11 is 5.66. The SMILES string of the molecule is CCN(CC)C(=O)Nc1c(F)cc(F)cc1Cl. The number of anilines is 1. The highest BCUT2D eigenvalue weighted by Gasteiger charge is 2.15. The fraction of sp³-hybridized carbons (Fsp3) is 0.364. The van der Waals surface area contributed by atoms with Crippen molar-refractivity contribution in [3.05, 3.63) is 28.8 Å². The van der Waals surface area contributed by atoms with E-state index in [1.54, 1.807) is 13.8 Å². The third-order valence-electron chi connectivity index (χ3n) is 2.29. The van der Waals surface area contributed by atoms with E-state index in [9.17, 15) is 13.6 Å². The molecule has 0 fully saturated rings. The van der Waals surface area contributed by atoms with E-state index in [1.807, 2.05) is 0 Å². The second kappa shape index (κ2) is 5.82. The highest BCUT2D eigenvalue weighted by Crippen LogP contribution is 2.26. The number of nitrogens with zero attached hydrogens (tertiary/aromatic N) is 1. The Morgan fingerprint density at radius 1 is 1.35 bits per heavy atom. The summed E-state index contributed by atoms with van der Waals surface area (Å²) < 4.78 is 26.2. The van der Waals surface area contributed by atoms with Crippen LogP contribution in [0.25, 0.3) is 0 Å². The van der Waals surface area contributed by atoms with Gasteiger partial charge in [-0.05, 0) is 19.9 Å². The minimum absolute atomic E-state index is 0.164. The molecule has 1 aromatic carbocycles. The first-order valence-corrected chi connectivity index (χ1v) is 5.57. The van der Waals surface area contributed by atoms with E-state index in [0.717, 1.165) is 6.07 Å². The van der Waals surface area contributed by atoms with Gasteiger partial charge in [0.15, 0.2) is 5.82 Å². The van der Waals surface area contributed by atoms with Gasteiger partial charge in [-0.25, -0.2) is 13.6 Å². The largest absolute Gasteiger partial charge is 0.325 e. The first-order chi connectivity index (χ1) is 7.99. The normalized spacial score (nSPS) is 10.2.